The predicted molar refractivity (Wildman–Crippen MR) is 68.2 cm³/mol. The van der Waals surface area contributed by atoms with Gasteiger partial charge in [0.2, 0.25) is 0 Å². The van der Waals surface area contributed by atoms with Crippen LogP contribution in [-0.4, -0.2) is 12.1 Å². The van der Waals surface area contributed by atoms with Gasteiger partial charge in [0.1, 0.15) is 5.75 Å². The number of benzene rings is 1. The second-order valence-corrected chi connectivity index (χ2v) is 4.41. The number of rotatable bonds is 2. The van der Waals surface area contributed by atoms with Crippen LogP contribution in [0.15, 0.2) is 41.2 Å². The third-order valence-electron chi connectivity index (χ3n) is 2.72. The lowest BCUT2D eigenvalue weighted by Crippen LogP contribution is -1.81. The largest absolute Gasteiger partial charge is 0.497 e. The van der Waals surface area contributed by atoms with Crippen LogP contribution in [0.2, 0.25) is 0 Å². The molecule has 0 bridgehead atoms. The molecule has 0 unspecified atom stereocenters. The summed E-state index contributed by atoms with van der Waals surface area (Å²) in [5, 5.41) is 5.45. The van der Waals surface area contributed by atoms with Crippen LogP contribution in [0.25, 0.3) is 22.0 Å². The van der Waals surface area contributed by atoms with Crippen LogP contribution in [0.1, 0.15) is 0 Å². The number of aromatic amines is 1. The molecule has 0 radical (unpaired) electrons. The summed E-state index contributed by atoms with van der Waals surface area (Å²) in [6.45, 7) is 0. The zero-order valence-corrected chi connectivity index (χ0v) is 9.67. The van der Waals surface area contributed by atoms with Gasteiger partial charge in [0.05, 0.1) is 7.11 Å². The monoisotopic (exact) mass is 229 g/mol. The first-order valence-electron chi connectivity index (χ1n) is 5.06. The molecule has 0 atom stereocenters. The van der Waals surface area contributed by atoms with Crippen LogP contribution < -0.4 is 4.74 Å². The van der Waals surface area contributed by atoms with E-state index < -0.39 is 0 Å². The Hall–Kier alpha value is -1.74. The van der Waals surface area contributed by atoms with Crippen molar-refractivity contribution < 1.29 is 4.74 Å². The molecule has 1 aromatic carbocycles. The maximum Gasteiger partial charge on any atom is 0.119 e. The summed E-state index contributed by atoms with van der Waals surface area (Å²) in [4.78, 5) is 3.28. The molecular weight excluding hydrogens is 218 g/mol. The Morgan fingerprint density at radius 2 is 2.19 bits per heavy atom. The van der Waals surface area contributed by atoms with E-state index in [4.69, 9.17) is 4.74 Å². The van der Waals surface area contributed by atoms with Gasteiger partial charge in [-0.3, -0.25) is 0 Å². The Kier molecular flexibility index (Phi) is 2.18. The van der Waals surface area contributed by atoms with E-state index in [0.717, 1.165) is 11.3 Å². The van der Waals surface area contributed by atoms with Crippen molar-refractivity contribution in [3.05, 3.63) is 41.2 Å². The van der Waals surface area contributed by atoms with Gasteiger partial charge in [-0.1, -0.05) is 0 Å². The zero-order valence-electron chi connectivity index (χ0n) is 8.86. The third-order valence-corrected chi connectivity index (χ3v) is 3.40. The van der Waals surface area contributed by atoms with Crippen molar-refractivity contribution >= 4 is 22.2 Å². The SMILES string of the molecule is COc1ccc2[nH]cc(-c3ccsc3)c2c1. The van der Waals surface area contributed by atoms with Crippen LogP contribution in [0.3, 0.4) is 0 Å². The Balaban J connectivity index is 2.25. The fourth-order valence-corrected chi connectivity index (χ4v) is 2.54. The van der Waals surface area contributed by atoms with Crippen molar-refractivity contribution in [1.29, 1.82) is 0 Å². The van der Waals surface area contributed by atoms with E-state index in [9.17, 15) is 0 Å². The first-order valence-corrected chi connectivity index (χ1v) is 6.00. The molecule has 16 heavy (non-hydrogen) atoms. The minimum Gasteiger partial charge on any atom is -0.497 e. The van der Waals surface area contributed by atoms with E-state index in [1.165, 1.54) is 16.5 Å². The van der Waals surface area contributed by atoms with Crippen LogP contribution in [0.4, 0.5) is 0 Å². The van der Waals surface area contributed by atoms with E-state index in [-0.39, 0.29) is 0 Å². The summed E-state index contributed by atoms with van der Waals surface area (Å²) in [5.74, 6) is 0.892. The standard InChI is InChI=1S/C13H11NOS/c1-15-10-2-3-13-11(6-10)12(7-14-13)9-4-5-16-8-9/h2-8,14H,1H3. The molecule has 0 fully saturated rings. The summed E-state index contributed by atoms with van der Waals surface area (Å²) in [6, 6.07) is 8.21. The summed E-state index contributed by atoms with van der Waals surface area (Å²) in [7, 11) is 1.69. The van der Waals surface area contributed by atoms with Crippen LogP contribution in [0.5, 0.6) is 5.75 Å². The number of fused-ring (bicyclic) bond motifs is 1. The lowest BCUT2D eigenvalue weighted by molar-refractivity contribution is 0.415. The number of aromatic nitrogens is 1. The lowest BCUT2D eigenvalue weighted by Gasteiger charge is -2.00. The fraction of sp³-hybridized carbons (Fsp3) is 0.0769. The molecule has 0 aliphatic carbocycles. The van der Waals surface area contributed by atoms with Crippen LogP contribution in [0, 0.1) is 0 Å². The fourth-order valence-electron chi connectivity index (χ4n) is 1.88. The van der Waals surface area contributed by atoms with Crippen LogP contribution >= 0.6 is 11.3 Å². The number of methoxy groups -OCH3 is 1. The molecule has 1 N–H and O–H groups in total. The maximum atomic E-state index is 5.25. The number of thiophene rings is 1. The van der Waals surface area contributed by atoms with E-state index >= 15 is 0 Å². The molecule has 3 rings (SSSR count). The van der Waals surface area contributed by atoms with E-state index in [1.54, 1.807) is 18.4 Å². The first-order chi connectivity index (χ1) is 7.88. The minimum absolute atomic E-state index is 0.892. The van der Waals surface area contributed by atoms with Crippen molar-refractivity contribution in [2.45, 2.75) is 0 Å². The lowest BCUT2D eigenvalue weighted by atomic mass is 10.1. The number of hydrogen-bond acceptors (Lipinski definition) is 2. The summed E-state index contributed by atoms with van der Waals surface area (Å²) < 4.78 is 5.25. The average molecular weight is 229 g/mol. The van der Waals surface area contributed by atoms with Crippen molar-refractivity contribution in [1.82, 2.24) is 4.98 Å². The van der Waals surface area contributed by atoms with Crippen molar-refractivity contribution in [3.63, 3.8) is 0 Å². The van der Waals surface area contributed by atoms with E-state index in [2.05, 4.69) is 27.9 Å². The van der Waals surface area contributed by atoms with E-state index in [0.29, 0.717) is 0 Å². The van der Waals surface area contributed by atoms with Gasteiger partial charge in [0, 0.05) is 22.7 Å². The molecule has 0 aliphatic rings. The Morgan fingerprint density at radius 1 is 1.25 bits per heavy atom. The maximum absolute atomic E-state index is 5.25. The Morgan fingerprint density at radius 3 is 2.94 bits per heavy atom. The molecule has 80 valence electrons. The molecule has 2 heterocycles. The molecule has 0 saturated heterocycles. The highest BCUT2D eigenvalue weighted by Gasteiger charge is 2.07. The van der Waals surface area contributed by atoms with Gasteiger partial charge in [-0.15, -0.1) is 0 Å². The number of H-pyrrole nitrogens is 1. The Labute approximate surface area is 97.5 Å². The van der Waals surface area contributed by atoms with Gasteiger partial charge in [-0.05, 0) is 40.6 Å². The molecule has 0 aliphatic heterocycles. The quantitative estimate of drug-likeness (QED) is 0.708. The van der Waals surface area contributed by atoms with Crippen molar-refractivity contribution in [3.8, 4) is 16.9 Å². The van der Waals surface area contributed by atoms with Gasteiger partial charge in [-0.2, -0.15) is 11.3 Å². The molecule has 0 amide bonds. The van der Waals surface area contributed by atoms with Gasteiger partial charge in [0.15, 0.2) is 0 Å². The molecular formula is C13H11NOS. The second-order valence-electron chi connectivity index (χ2n) is 3.63. The predicted octanol–water partition coefficient (Wildman–Crippen LogP) is 3.91. The van der Waals surface area contributed by atoms with Crippen LogP contribution in [-0.2, 0) is 0 Å². The third kappa shape index (κ3) is 1.41. The normalized spacial score (nSPS) is 10.8. The highest BCUT2D eigenvalue weighted by Crippen LogP contribution is 2.32. The van der Waals surface area contributed by atoms with Gasteiger partial charge >= 0.3 is 0 Å². The number of hydrogen-bond donors (Lipinski definition) is 1. The number of nitrogens with one attached hydrogen (secondary N) is 1. The molecule has 3 heteroatoms. The summed E-state index contributed by atoms with van der Waals surface area (Å²) >= 11 is 1.71. The Bertz CT molecular complexity index is 610. The molecule has 0 spiro atoms. The average Bonchev–Trinajstić information content (AvgIpc) is 2.96. The number of ether oxygens (including phenoxy) is 1. The van der Waals surface area contributed by atoms with Gasteiger partial charge < -0.3 is 9.72 Å². The molecule has 2 aromatic heterocycles. The highest BCUT2D eigenvalue weighted by atomic mass is 32.1. The topological polar surface area (TPSA) is 25.0 Å². The summed E-state index contributed by atoms with van der Waals surface area (Å²) in [6.07, 6.45) is 2.05. The van der Waals surface area contributed by atoms with E-state index in [1.807, 2.05) is 18.3 Å². The molecule has 3 aromatic rings. The minimum atomic E-state index is 0.892. The first kappa shape index (κ1) is 9.48. The smallest absolute Gasteiger partial charge is 0.119 e. The van der Waals surface area contributed by atoms with Crippen molar-refractivity contribution in [2.75, 3.05) is 7.11 Å². The second kappa shape index (κ2) is 3.68. The van der Waals surface area contributed by atoms with Gasteiger partial charge in [0.25, 0.3) is 0 Å². The van der Waals surface area contributed by atoms with Gasteiger partial charge in [-0.25, -0.2) is 0 Å². The summed E-state index contributed by atoms with van der Waals surface area (Å²) in [5.41, 5.74) is 3.63. The highest BCUT2D eigenvalue weighted by molar-refractivity contribution is 7.08. The molecule has 2 nitrogen and oxygen atoms in total. The zero-order chi connectivity index (χ0) is 11.0. The van der Waals surface area contributed by atoms with Crippen molar-refractivity contribution in [2.24, 2.45) is 0 Å². The molecule has 0 saturated carbocycles.